The molecular weight excluding hydrogens is 492 g/mol. The Morgan fingerprint density at radius 2 is 0.919 bits per heavy atom. The summed E-state index contributed by atoms with van der Waals surface area (Å²) in [4.78, 5) is 12.4. The second-order valence-electron chi connectivity index (χ2n) is 7.68. The maximum atomic E-state index is 12.4. The highest BCUT2D eigenvalue weighted by Crippen LogP contribution is 2.28. The van der Waals surface area contributed by atoms with E-state index in [1.165, 1.54) is 25.0 Å². The van der Waals surface area contributed by atoms with Gasteiger partial charge in [0.15, 0.2) is 27.2 Å². The smallest absolute Gasteiger partial charge is 0.311 e. The predicted octanol–water partition coefficient (Wildman–Crippen LogP) is 2.58. The molecular formula is C25H40O12. The second kappa shape index (κ2) is 22.3. The molecule has 0 unspecified atom stereocenters. The zero-order valence-corrected chi connectivity index (χ0v) is 21.3. The quantitative estimate of drug-likeness (QED) is 0.0688. The summed E-state index contributed by atoms with van der Waals surface area (Å²) in [7, 11) is 0. The maximum absolute atomic E-state index is 12.4. The number of carbonyl (C=O) groups is 1. The van der Waals surface area contributed by atoms with E-state index in [4.69, 9.17) is 47.4 Å². The van der Waals surface area contributed by atoms with Gasteiger partial charge in [0.05, 0.1) is 94.8 Å². The van der Waals surface area contributed by atoms with Gasteiger partial charge in [-0.2, -0.15) is 0 Å². The SMILES string of the molecule is C=COCOCC(CO)(COCOC=C)COCC(COCOC=C)(COCOC=C)CC(=O)OC=C. The molecule has 12 heteroatoms. The fraction of sp³-hybridized carbons (Fsp3) is 0.560. The highest BCUT2D eigenvalue weighted by Gasteiger charge is 2.38. The van der Waals surface area contributed by atoms with Crippen molar-refractivity contribution in [2.45, 2.75) is 6.42 Å². The summed E-state index contributed by atoms with van der Waals surface area (Å²) in [6, 6.07) is 0. The molecule has 0 aromatic carbocycles. The molecule has 12 nitrogen and oxygen atoms in total. The van der Waals surface area contributed by atoms with Crippen molar-refractivity contribution in [3.8, 4) is 0 Å². The third kappa shape index (κ3) is 16.5. The molecule has 0 amide bonds. The summed E-state index contributed by atoms with van der Waals surface area (Å²) in [5.74, 6) is -0.580. The zero-order valence-electron chi connectivity index (χ0n) is 21.3. The molecule has 0 saturated carbocycles. The molecule has 0 atom stereocenters. The average Bonchev–Trinajstić information content (AvgIpc) is 2.89. The molecule has 1 N–H and O–H groups in total. The Bertz CT molecular complexity index is 620. The largest absolute Gasteiger partial charge is 0.476 e. The third-order valence-electron chi connectivity index (χ3n) is 4.60. The first-order valence-corrected chi connectivity index (χ1v) is 11.2. The van der Waals surface area contributed by atoms with Crippen molar-refractivity contribution in [1.29, 1.82) is 0 Å². The van der Waals surface area contributed by atoms with E-state index < -0.39 is 16.8 Å². The Balaban J connectivity index is 5.58. The van der Waals surface area contributed by atoms with Gasteiger partial charge in [0.25, 0.3) is 0 Å². The van der Waals surface area contributed by atoms with Crippen LogP contribution in [0.25, 0.3) is 0 Å². The second-order valence-corrected chi connectivity index (χ2v) is 7.68. The van der Waals surface area contributed by atoms with Gasteiger partial charge in [-0.05, 0) is 0 Å². The van der Waals surface area contributed by atoms with Gasteiger partial charge in [0, 0.05) is 0 Å². The molecule has 0 fully saturated rings. The topological polar surface area (TPSA) is 130 Å². The van der Waals surface area contributed by atoms with Crippen molar-refractivity contribution in [2.75, 3.05) is 73.4 Å². The molecule has 0 rings (SSSR count). The number of ether oxygens (including phenoxy) is 10. The first-order valence-electron chi connectivity index (χ1n) is 11.2. The highest BCUT2D eigenvalue weighted by atomic mass is 16.7. The van der Waals surface area contributed by atoms with Gasteiger partial charge in [0.2, 0.25) is 0 Å². The molecule has 212 valence electrons. The van der Waals surface area contributed by atoms with Crippen LogP contribution in [0.5, 0.6) is 0 Å². The predicted molar refractivity (Wildman–Crippen MR) is 132 cm³/mol. The van der Waals surface area contributed by atoms with Crippen molar-refractivity contribution in [2.24, 2.45) is 10.8 Å². The van der Waals surface area contributed by atoms with Crippen LogP contribution in [0.2, 0.25) is 0 Å². The first-order chi connectivity index (χ1) is 18.0. The van der Waals surface area contributed by atoms with Gasteiger partial charge in [0.1, 0.15) is 0 Å². The number of hydrogen-bond acceptors (Lipinski definition) is 12. The fourth-order valence-electron chi connectivity index (χ4n) is 2.88. The Kier molecular flexibility index (Phi) is 20.6. The lowest BCUT2D eigenvalue weighted by Crippen LogP contribution is -2.44. The average molecular weight is 533 g/mol. The van der Waals surface area contributed by atoms with Crippen LogP contribution in [0.3, 0.4) is 0 Å². The highest BCUT2D eigenvalue weighted by molar-refractivity contribution is 5.71. The van der Waals surface area contributed by atoms with Gasteiger partial charge in [-0.15, -0.1) is 0 Å². The molecule has 0 spiro atoms. The minimum atomic E-state index is -1.03. The Labute approximate surface area is 218 Å². The number of hydrogen-bond donors (Lipinski definition) is 1. The lowest BCUT2D eigenvalue weighted by atomic mass is 9.86. The molecule has 0 aliphatic rings. The lowest BCUT2D eigenvalue weighted by Gasteiger charge is -2.35. The molecule has 0 radical (unpaired) electrons. The normalized spacial score (nSPS) is 11.2. The van der Waals surface area contributed by atoms with E-state index in [0.29, 0.717) is 0 Å². The van der Waals surface area contributed by atoms with E-state index in [1.807, 2.05) is 0 Å². The van der Waals surface area contributed by atoms with E-state index in [-0.39, 0.29) is 79.8 Å². The van der Waals surface area contributed by atoms with Crippen LogP contribution in [0.15, 0.2) is 64.2 Å². The summed E-state index contributed by atoms with van der Waals surface area (Å²) < 4.78 is 53.0. The standard InChI is InChI=1S/C25H40O12/c1-6-28-19-33-14-24(11-23(27)37-10-5,15-34-20-29-7-2)13-32-16-25(12-26,17-35-21-30-8-3)18-36-22-31-9-4/h6-10,26H,1-5,11-22H2. The van der Waals surface area contributed by atoms with Crippen molar-refractivity contribution in [3.63, 3.8) is 0 Å². The van der Waals surface area contributed by atoms with Crippen LogP contribution in [-0.4, -0.2) is 84.5 Å². The fourth-order valence-corrected chi connectivity index (χ4v) is 2.88. The van der Waals surface area contributed by atoms with Gasteiger partial charge in [-0.3, -0.25) is 4.79 Å². The Morgan fingerprint density at radius 3 is 1.27 bits per heavy atom. The van der Waals surface area contributed by atoms with Gasteiger partial charge < -0.3 is 52.5 Å². The van der Waals surface area contributed by atoms with E-state index in [1.54, 1.807) is 0 Å². The van der Waals surface area contributed by atoms with Crippen molar-refractivity contribution >= 4 is 5.97 Å². The summed E-state index contributed by atoms with van der Waals surface area (Å²) >= 11 is 0. The van der Waals surface area contributed by atoms with Crippen LogP contribution < -0.4 is 0 Å². The van der Waals surface area contributed by atoms with Crippen molar-refractivity contribution in [1.82, 2.24) is 0 Å². The number of aliphatic hydroxyl groups is 1. The molecule has 0 heterocycles. The molecule has 0 saturated heterocycles. The van der Waals surface area contributed by atoms with Crippen LogP contribution in [0, 0.1) is 10.8 Å². The minimum Gasteiger partial charge on any atom is -0.476 e. The summed E-state index contributed by atoms with van der Waals surface area (Å²) in [6.07, 6.45) is 5.78. The Hall–Kier alpha value is -2.87. The van der Waals surface area contributed by atoms with Gasteiger partial charge in [-0.1, -0.05) is 32.9 Å². The molecule has 0 aliphatic carbocycles. The minimum absolute atomic E-state index is 0.0132. The zero-order chi connectivity index (χ0) is 27.7. The summed E-state index contributed by atoms with van der Waals surface area (Å²) in [5, 5.41) is 10.2. The van der Waals surface area contributed by atoms with Gasteiger partial charge >= 0.3 is 5.97 Å². The van der Waals surface area contributed by atoms with E-state index in [0.717, 1.165) is 6.26 Å². The van der Waals surface area contributed by atoms with Crippen LogP contribution in [0.4, 0.5) is 0 Å². The molecule has 0 bridgehead atoms. The number of aliphatic hydroxyl groups excluding tert-OH is 1. The summed E-state index contributed by atoms with van der Waals surface area (Å²) in [5.41, 5.74) is -2.03. The van der Waals surface area contributed by atoms with Crippen LogP contribution >= 0.6 is 0 Å². The van der Waals surface area contributed by atoms with Crippen molar-refractivity contribution in [3.05, 3.63) is 64.2 Å². The van der Waals surface area contributed by atoms with Crippen molar-refractivity contribution < 1.29 is 57.3 Å². The molecule has 0 aliphatic heterocycles. The third-order valence-corrected chi connectivity index (χ3v) is 4.60. The first kappa shape index (κ1) is 34.1. The van der Waals surface area contributed by atoms with Gasteiger partial charge in [-0.25, -0.2) is 0 Å². The van der Waals surface area contributed by atoms with E-state index in [2.05, 4.69) is 32.9 Å². The van der Waals surface area contributed by atoms with Crippen LogP contribution in [-0.2, 0) is 52.2 Å². The molecule has 0 aromatic heterocycles. The van der Waals surface area contributed by atoms with E-state index in [9.17, 15) is 9.90 Å². The number of esters is 1. The monoisotopic (exact) mass is 532 g/mol. The number of rotatable bonds is 28. The van der Waals surface area contributed by atoms with Crippen LogP contribution in [0.1, 0.15) is 6.42 Å². The Morgan fingerprint density at radius 1 is 0.568 bits per heavy atom. The lowest BCUT2D eigenvalue weighted by molar-refractivity contribution is -0.166. The summed E-state index contributed by atoms with van der Waals surface area (Å²) in [6.45, 7) is 16.4. The maximum Gasteiger partial charge on any atom is 0.311 e. The molecule has 37 heavy (non-hydrogen) atoms. The number of carbonyl (C=O) groups excluding carboxylic acids is 1. The molecule has 0 aromatic rings. The van der Waals surface area contributed by atoms with E-state index >= 15 is 0 Å².